The maximum Gasteiger partial charge on any atom is 0.337 e. The number of nitrogens with zero attached hydrogens (tertiary/aromatic N) is 2. The zero-order valence-electron chi connectivity index (χ0n) is 11.6. The van der Waals surface area contributed by atoms with E-state index in [1.54, 1.807) is 12.1 Å². The number of imidazole rings is 1. The zero-order valence-corrected chi connectivity index (χ0v) is 11.6. The van der Waals surface area contributed by atoms with Gasteiger partial charge in [-0.15, -0.1) is 0 Å². The molecule has 5 heteroatoms. The fourth-order valence-electron chi connectivity index (χ4n) is 3.09. The molecule has 1 aromatic carbocycles. The molecule has 5 nitrogen and oxygen atoms in total. The smallest absolute Gasteiger partial charge is 0.337 e. The van der Waals surface area contributed by atoms with E-state index < -0.39 is 0 Å². The Morgan fingerprint density at radius 2 is 2.10 bits per heavy atom. The summed E-state index contributed by atoms with van der Waals surface area (Å²) in [4.78, 5) is 16.0. The Kier molecular flexibility index (Phi) is 3.34. The van der Waals surface area contributed by atoms with Crippen LogP contribution < -0.4 is 5.73 Å². The fourth-order valence-corrected chi connectivity index (χ4v) is 3.09. The van der Waals surface area contributed by atoms with Crippen molar-refractivity contribution in [1.29, 1.82) is 0 Å². The SMILES string of the molecule is COC(=O)c1ccc2c(c1)nc(N)n2C1CCCCC1. The van der Waals surface area contributed by atoms with Crippen LogP contribution in [0, 0.1) is 0 Å². The number of ether oxygens (including phenoxy) is 1. The lowest BCUT2D eigenvalue weighted by molar-refractivity contribution is 0.0601. The molecule has 0 radical (unpaired) electrons. The Bertz CT molecular complexity index is 642. The number of benzene rings is 1. The van der Waals surface area contributed by atoms with Crippen LogP contribution in [-0.4, -0.2) is 22.6 Å². The Balaban J connectivity index is 2.05. The quantitative estimate of drug-likeness (QED) is 0.854. The predicted molar refractivity (Wildman–Crippen MR) is 77.6 cm³/mol. The summed E-state index contributed by atoms with van der Waals surface area (Å²) in [5.41, 5.74) is 8.35. The highest BCUT2D eigenvalue weighted by atomic mass is 16.5. The van der Waals surface area contributed by atoms with Crippen LogP contribution in [0.15, 0.2) is 18.2 Å². The van der Waals surface area contributed by atoms with Gasteiger partial charge in [-0.05, 0) is 31.0 Å². The van der Waals surface area contributed by atoms with Crippen LogP contribution >= 0.6 is 0 Å². The van der Waals surface area contributed by atoms with Crippen LogP contribution in [-0.2, 0) is 4.74 Å². The Hall–Kier alpha value is -2.04. The van der Waals surface area contributed by atoms with Crippen LogP contribution in [0.2, 0.25) is 0 Å². The van der Waals surface area contributed by atoms with Crippen molar-refractivity contribution in [1.82, 2.24) is 9.55 Å². The first-order valence-corrected chi connectivity index (χ1v) is 7.06. The van der Waals surface area contributed by atoms with Gasteiger partial charge in [0.25, 0.3) is 0 Å². The van der Waals surface area contributed by atoms with Gasteiger partial charge in [-0.1, -0.05) is 19.3 Å². The second-order valence-electron chi connectivity index (χ2n) is 5.33. The standard InChI is InChI=1S/C15H19N3O2/c1-20-14(19)10-7-8-13-12(9-10)17-15(16)18(13)11-5-3-2-4-6-11/h7-9,11H,2-6H2,1H3,(H2,16,17). The lowest BCUT2D eigenvalue weighted by atomic mass is 9.95. The minimum Gasteiger partial charge on any atom is -0.465 e. The highest BCUT2D eigenvalue weighted by Crippen LogP contribution is 2.33. The number of carbonyl (C=O) groups excluding carboxylic acids is 1. The molecule has 1 saturated carbocycles. The summed E-state index contributed by atoms with van der Waals surface area (Å²) < 4.78 is 6.85. The van der Waals surface area contributed by atoms with E-state index in [0.29, 0.717) is 17.6 Å². The largest absolute Gasteiger partial charge is 0.465 e. The van der Waals surface area contributed by atoms with E-state index in [-0.39, 0.29) is 5.97 Å². The number of aromatic nitrogens is 2. The van der Waals surface area contributed by atoms with Gasteiger partial charge in [0, 0.05) is 6.04 Å². The van der Waals surface area contributed by atoms with E-state index in [0.717, 1.165) is 23.9 Å². The van der Waals surface area contributed by atoms with Crippen molar-refractivity contribution < 1.29 is 9.53 Å². The maximum absolute atomic E-state index is 11.6. The maximum atomic E-state index is 11.6. The summed E-state index contributed by atoms with van der Waals surface area (Å²) in [5, 5.41) is 0. The van der Waals surface area contributed by atoms with Gasteiger partial charge in [0.2, 0.25) is 5.95 Å². The Labute approximate surface area is 117 Å². The lowest BCUT2D eigenvalue weighted by Crippen LogP contribution is -2.14. The van der Waals surface area contributed by atoms with E-state index >= 15 is 0 Å². The third-order valence-corrected chi connectivity index (χ3v) is 4.08. The molecule has 1 heterocycles. The van der Waals surface area contributed by atoms with Crippen molar-refractivity contribution in [2.75, 3.05) is 12.8 Å². The van der Waals surface area contributed by atoms with Gasteiger partial charge >= 0.3 is 5.97 Å². The number of nitrogens with two attached hydrogens (primary N) is 1. The first-order valence-electron chi connectivity index (χ1n) is 7.06. The van der Waals surface area contributed by atoms with Crippen LogP contribution in [0.25, 0.3) is 11.0 Å². The Morgan fingerprint density at radius 3 is 2.80 bits per heavy atom. The third-order valence-electron chi connectivity index (χ3n) is 4.08. The van der Waals surface area contributed by atoms with Gasteiger partial charge in [-0.2, -0.15) is 0 Å². The molecule has 20 heavy (non-hydrogen) atoms. The van der Waals surface area contributed by atoms with E-state index in [1.165, 1.54) is 26.4 Å². The summed E-state index contributed by atoms with van der Waals surface area (Å²) in [6, 6.07) is 5.86. The van der Waals surface area contributed by atoms with Crippen molar-refractivity contribution in [3.8, 4) is 0 Å². The number of hydrogen-bond donors (Lipinski definition) is 1. The van der Waals surface area contributed by atoms with E-state index in [9.17, 15) is 4.79 Å². The van der Waals surface area contributed by atoms with Gasteiger partial charge in [0.05, 0.1) is 23.7 Å². The first-order chi connectivity index (χ1) is 9.70. The van der Waals surface area contributed by atoms with Crippen molar-refractivity contribution >= 4 is 23.0 Å². The topological polar surface area (TPSA) is 70.1 Å². The van der Waals surface area contributed by atoms with Crippen LogP contribution in [0.1, 0.15) is 48.5 Å². The number of nitrogen functional groups attached to an aromatic ring is 1. The molecular formula is C15H19N3O2. The molecule has 0 atom stereocenters. The van der Waals surface area contributed by atoms with Crippen molar-refractivity contribution in [2.45, 2.75) is 38.1 Å². The number of rotatable bonds is 2. The van der Waals surface area contributed by atoms with Crippen molar-refractivity contribution in [3.63, 3.8) is 0 Å². The van der Waals surface area contributed by atoms with Crippen molar-refractivity contribution in [3.05, 3.63) is 23.8 Å². The highest BCUT2D eigenvalue weighted by molar-refractivity contribution is 5.94. The average molecular weight is 273 g/mol. The molecule has 0 unspecified atom stereocenters. The zero-order chi connectivity index (χ0) is 14.1. The van der Waals surface area contributed by atoms with E-state index in [1.807, 2.05) is 6.07 Å². The Morgan fingerprint density at radius 1 is 1.35 bits per heavy atom. The fraction of sp³-hybridized carbons (Fsp3) is 0.467. The summed E-state index contributed by atoms with van der Waals surface area (Å²) in [7, 11) is 1.38. The second kappa shape index (κ2) is 5.15. The van der Waals surface area contributed by atoms with Crippen LogP contribution in [0.5, 0.6) is 0 Å². The molecule has 2 aromatic rings. The molecule has 0 saturated heterocycles. The summed E-state index contributed by atoms with van der Waals surface area (Å²) >= 11 is 0. The number of fused-ring (bicyclic) bond motifs is 1. The molecule has 1 aliphatic carbocycles. The molecule has 3 rings (SSSR count). The minimum absolute atomic E-state index is 0.349. The van der Waals surface area contributed by atoms with Gasteiger partial charge in [0.1, 0.15) is 0 Å². The van der Waals surface area contributed by atoms with Crippen LogP contribution in [0.3, 0.4) is 0 Å². The molecule has 2 N–H and O–H groups in total. The molecule has 0 bridgehead atoms. The summed E-state index contributed by atoms with van der Waals surface area (Å²) in [6.45, 7) is 0. The lowest BCUT2D eigenvalue weighted by Gasteiger charge is -2.24. The molecule has 1 fully saturated rings. The van der Waals surface area contributed by atoms with Gasteiger partial charge in [-0.25, -0.2) is 9.78 Å². The van der Waals surface area contributed by atoms with E-state index in [2.05, 4.69) is 9.55 Å². The predicted octanol–water partition coefficient (Wildman–Crippen LogP) is 2.91. The molecule has 1 aromatic heterocycles. The third kappa shape index (κ3) is 2.13. The minimum atomic E-state index is -0.349. The number of esters is 1. The first kappa shape index (κ1) is 13.0. The molecule has 106 valence electrons. The number of methoxy groups -OCH3 is 1. The van der Waals surface area contributed by atoms with Gasteiger partial charge < -0.3 is 15.0 Å². The molecular weight excluding hydrogens is 254 g/mol. The highest BCUT2D eigenvalue weighted by Gasteiger charge is 2.20. The number of hydrogen-bond acceptors (Lipinski definition) is 4. The molecule has 0 aliphatic heterocycles. The summed E-state index contributed by atoms with van der Waals surface area (Å²) in [5.74, 6) is 0.187. The van der Waals surface area contributed by atoms with Gasteiger partial charge in [0.15, 0.2) is 0 Å². The monoisotopic (exact) mass is 273 g/mol. The van der Waals surface area contributed by atoms with E-state index in [4.69, 9.17) is 10.5 Å². The molecule has 1 aliphatic rings. The van der Waals surface area contributed by atoms with Gasteiger partial charge in [-0.3, -0.25) is 0 Å². The average Bonchev–Trinajstić information content (AvgIpc) is 2.82. The van der Waals surface area contributed by atoms with Crippen LogP contribution in [0.4, 0.5) is 5.95 Å². The number of carbonyl (C=O) groups is 1. The summed E-state index contributed by atoms with van der Waals surface area (Å²) in [6.07, 6.45) is 6.08. The van der Waals surface area contributed by atoms with Crippen molar-refractivity contribution in [2.24, 2.45) is 0 Å². The second-order valence-corrected chi connectivity index (χ2v) is 5.33. The molecule has 0 spiro atoms. The molecule has 0 amide bonds. The normalized spacial score (nSPS) is 16.4. The number of anilines is 1.